The van der Waals surface area contributed by atoms with Gasteiger partial charge in [-0.2, -0.15) is 0 Å². The maximum absolute atomic E-state index is 11.7. The summed E-state index contributed by atoms with van der Waals surface area (Å²) in [6, 6.07) is 8.39. The average molecular weight is 237 g/mol. The summed E-state index contributed by atoms with van der Waals surface area (Å²) in [7, 11) is 0. The minimum Gasteiger partial charge on any atom is -0.394 e. The van der Waals surface area contributed by atoms with E-state index in [9.17, 15) is 9.90 Å². The molecule has 0 saturated heterocycles. The standard InChI is InChI=1S/C13H19NO3/c1-9(2)11(8-15)14-13(17)12(16)10-6-4-3-5-7-10/h3-7,9,11-12,15-16H,8H2,1-2H3,(H,14,17)/t11-,12?/m1/s1. The second-order valence-electron chi connectivity index (χ2n) is 4.35. The molecule has 0 aliphatic heterocycles. The van der Waals surface area contributed by atoms with Crippen molar-refractivity contribution in [2.45, 2.75) is 26.0 Å². The lowest BCUT2D eigenvalue weighted by Crippen LogP contribution is -2.43. The summed E-state index contributed by atoms with van der Waals surface area (Å²) in [6.45, 7) is 3.66. The van der Waals surface area contributed by atoms with E-state index in [1.54, 1.807) is 24.3 Å². The highest BCUT2D eigenvalue weighted by Gasteiger charge is 2.21. The molecule has 0 bridgehead atoms. The first-order chi connectivity index (χ1) is 8.06. The molecule has 0 saturated carbocycles. The molecule has 1 unspecified atom stereocenters. The third-order valence-electron chi connectivity index (χ3n) is 2.69. The normalized spacial score (nSPS) is 14.4. The van der Waals surface area contributed by atoms with E-state index in [4.69, 9.17) is 5.11 Å². The van der Waals surface area contributed by atoms with Crippen LogP contribution in [0.1, 0.15) is 25.5 Å². The van der Waals surface area contributed by atoms with Crippen molar-refractivity contribution < 1.29 is 15.0 Å². The fraction of sp³-hybridized carbons (Fsp3) is 0.462. The lowest BCUT2D eigenvalue weighted by Gasteiger charge is -2.21. The van der Waals surface area contributed by atoms with E-state index < -0.39 is 12.0 Å². The zero-order chi connectivity index (χ0) is 12.8. The summed E-state index contributed by atoms with van der Waals surface area (Å²) in [5.41, 5.74) is 0.547. The van der Waals surface area contributed by atoms with Gasteiger partial charge >= 0.3 is 0 Å². The summed E-state index contributed by atoms with van der Waals surface area (Å²) in [5, 5.41) is 21.5. The van der Waals surface area contributed by atoms with Gasteiger partial charge in [0.2, 0.25) is 0 Å². The molecule has 1 rings (SSSR count). The first-order valence-corrected chi connectivity index (χ1v) is 5.70. The van der Waals surface area contributed by atoms with E-state index in [0.717, 1.165) is 0 Å². The van der Waals surface area contributed by atoms with Crippen molar-refractivity contribution in [1.82, 2.24) is 5.32 Å². The van der Waals surface area contributed by atoms with Crippen LogP contribution in [-0.4, -0.2) is 28.8 Å². The van der Waals surface area contributed by atoms with Crippen LogP contribution in [0.4, 0.5) is 0 Å². The van der Waals surface area contributed by atoms with Crippen LogP contribution in [0.15, 0.2) is 30.3 Å². The summed E-state index contributed by atoms with van der Waals surface area (Å²) in [4.78, 5) is 11.7. The van der Waals surface area contributed by atoms with Gasteiger partial charge in [-0.1, -0.05) is 44.2 Å². The van der Waals surface area contributed by atoms with E-state index in [-0.39, 0.29) is 18.6 Å². The van der Waals surface area contributed by atoms with Gasteiger partial charge in [-0.05, 0) is 11.5 Å². The second kappa shape index (κ2) is 6.37. The van der Waals surface area contributed by atoms with Gasteiger partial charge in [-0.25, -0.2) is 0 Å². The van der Waals surface area contributed by atoms with Gasteiger partial charge in [0, 0.05) is 0 Å². The quantitative estimate of drug-likeness (QED) is 0.711. The molecule has 17 heavy (non-hydrogen) atoms. The van der Waals surface area contributed by atoms with Gasteiger partial charge in [0.15, 0.2) is 6.10 Å². The second-order valence-corrected chi connectivity index (χ2v) is 4.35. The number of nitrogens with one attached hydrogen (secondary N) is 1. The predicted molar refractivity (Wildman–Crippen MR) is 65.3 cm³/mol. The highest BCUT2D eigenvalue weighted by Crippen LogP contribution is 2.13. The first kappa shape index (κ1) is 13.7. The number of carbonyl (C=O) groups is 1. The Morgan fingerprint density at radius 3 is 2.35 bits per heavy atom. The lowest BCUT2D eigenvalue weighted by molar-refractivity contribution is -0.131. The van der Waals surface area contributed by atoms with Crippen LogP contribution in [0, 0.1) is 5.92 Å². The fourth-order valence-corrected chi connectivity index (χ4v) is 1.47. The van der Waals surface area contributed by atoms with E-state index in [1.807, 2.05) is 19.9 Å². The molecular formula is C13H19NO3. The van der Waals surface area contributed by atoms with Crippen LogP contribution >= 0.6 is 0 Å². The number of aliphatic hydroxyl groups is 2. The molecule has 0 radical (unpaired) electrons. The van der Waals surface area contributed by atoms with Gasteiger partial charge in [0.05, 0.1) is 12.6 Å². The number of aliphatic hydroxyl groups excluding tert-OH is 2. The number of hydrogen-bond donors (Lipinski definition) is 3. The van der Waals surface area contributed by atoms with Crippen LogP contribution in [-0.2, 0) is 4.79 Å². The summed E-state index contributed by atoms with van der Waals surface area (Å²) < 4.78 is 0. The van der Waals surface area contributed by atoms with Crippen molar-refractivity contribution in [3.63, 3.8) is 0 Å². The number of carbonyl (C=O) groups excluding carboxylic acids is 1. The Hall–Kier alpha value is -1.39. The van der Waals surface area contributed by atoms with Crippen LogP contribution in [0.2, 0.25) is 0 Å². The third kappa shape index (κ3) is 3.84. The maximum atomic E-state index is 11.7. The van der Waals surface area contributed by atoms with Crippen LogP contribution in [0.3, 0.4) is 0 Å². The molecule has 3 N–H and O–H groups in total. The van der Waals surface area contributed by atoms with Crippen molar-refractivity contribution in [2.75, 3.05) is 6.61 Å². The molecule has 0 aliphatic carbocycles. The zero-order valence-electron chi connectivity index (χ0n) is 10.1. The molecule has 0 aromatic heterocycles. The lowest BCUT2D eigenvalue weighted by atomic mass is 10.0. The Morgan fingerprint density at radius 2 is 1.88 bits per heavy atom. The smallest absolute Gasteiger partial charge is 0.253 e. The minimum absolute atomic E-state index is 0.118. The van der Waals surface area contributed by atoms with Crippen LogP contribution < -0.4 is 5.32 Å². The van der Waals surface area contributed by atoms with E-state index in [2.05, 4.69) is 5.32 Å². The number of hydrogen-bond acceptors (Lipinski definition) is 3. The van der Waals surface area contributed by atoms with Crippen LogP contribution in [0.25, 0.3) is 0 Å². The molecule has 0 spiro atoms. The predicted octanol–water partition coefficient (Wildman–Crippen LogP) is 0.853. The zero-order valence-corrected chi connectivity index (χ0v) is 10.1. The topological polar surface area (TPSA) is 69.6 Å². The fourth-order valence-electron chi connectivity index (χ4n) is 1.47. The molecule has 4 heteroatoms. The molecular weight excluding hydrogens is 218 g/mol. The molecule has 1 amide bonds. The highest BCUT2D eigenvalue weighted by molar-refractivity contribution is 5.82. The largest absolute Gasteiger partial charge is 0.394 e. The van der Waals surface area contributed by atoms with Crippen molar-refractivity contribution in [1.29, 1.82) is 0 Å². The molecule has 2 atom stereocenters. The van der Waals surface area contributed by atoms with Gasteiger partial charge in [0.25, 0.3) is 5.91 Å². The molecule has 1 aromatic rings. The van der Waals surface area contributed by atoms with Crippen molar-refractivity contribution >= 4 is 5.91 Å². The van der Waals surface area contributed by atoms with Gasteiger partial charge in [0.1, 0.15) is 0 Å². The van der Waals surface area contributed by atoms with E-state index in [0.29, 0.717) is 5.56 Å². The Bertz CT molecular complexity index is 351. The number of benzene rings is 1. The Labute approximate surface area is 101 Å². The highest BCUT2D eigenvalue weighted by atomic mass is 16.3. The first-order valence-electron chi connectivity index (χ1n) is 5.70. The van der Waals surface area contributed by atoms with E-state index >= 15 is 0 Å². The van der Waals surface area contributed by atoms with Gasteiger partial charge in [-0.3, -0.25) is 4.79 Å². The molecule has 0 heterocycles. The molecule has 4 nitrogen and oxygen atoms in total. The molecule has 0 aliphatic rings. The van der Waals surface area contributed by atoms with Gasteiger partial charge < -0.3 is 15.5 Å². The number of rotatable bonds is 5. The van der Waals surface area contributed by atoms with Crippen molar-refractivity contribution in [3.05, 3.63) is 35.9 Å². The summed E-state index contributed by atoms with van der Waals surface area (Å²) >= 11 is 0. The molecule has 1 aromatic carbocycles. The van der Waals surface area contributed by atoms with Crippen molar-refractivity contribution in [3.8, 4) is 0 Å². The van der Waals surface area contributed by atoms with Crippen molar-refractivity contribution in [2.24, 2.45) is 5.92 Å². The summed E-state index contributed by atoms with van der Waals surface area (Å²) in [5.74, 6) is -0.365. The van der Waals surface area contributed by atoms with Crippen LogP contribution in [0.5, 0.6) is 0 Å². The minimum atomic E-state index is -1.19. The summed E-state index contributed by atoms with van der Waals surface area (Å²) in [6.07, 6.45) is -1.19. The molecule has 94 valence electrons. The third-order valence-corrected chi connectivity index (χ3v) is 2.69. The van der Waals surface area contributed by atoms with E-state index in [1.165, 1.54) is 0 Å². The maximum Gasteiger partial charge on any atom is 0.253 e. The number of amides is 1. The SMILES string of the molecule is CC(C)[C@@H](CO)NC(=O)C(O)c1ccccc1. The Morgan fingerprint density at radius 1 is 1.29 bits per heavy atom. The Kier molecular flexibility index (Phi) is 5.12. The average Bonchev–Trinajstić information content (AvgIpc) is 2.35. The Balaban J connectivity index is 2.64. The van der Waals surface area contributed by atoms with Gasteiger partial charge in [-0.15, -0.1) is 0 Å². The molecule has 0 fully saturated rings. The monoisotopic (exact) mass is 237 g/mol.